The van der Waals surface area contributed by atoms with E-state index in [1.165, 1.54) is 18.1 Å². The lowest BCUT2D eigenvalue weighted by Crippen LogP contribution is -2.46. The van der Waals surface area contributed by atoms with E-state index >= 15 is 0 Å². The number of morpholine rings is 1. The summed E-state index contributed by atoms with van der Waals surface area (Å²) in [6, 6.07) is 0. The molecule has 2 N–H and O–H groups in total. The number of hydrogen-bond donors (Lipinski definition) is 1. The number of thioether (sulfide) groups is 1. The maximum absolute atomic E-state index is 5.56. The van der Waals surface area contributed by atoms with Gasteiger partial charge >= 0.3 is 0 Å². The van der Waals surface area contributed by atoms with Crippen molar-refractivity contribution < 1.29 is 4.74 Å². The molecule has 1 unspecified atom stereocenters. The maximum atomic E-state index is 5.56. The Morgan fingerprint density at radius 2 is 2.46 bits per heavy atom. The van der Waals surface area contributed by atoms with Crippen molar-refractivity contribution in [1.29, 1.82) is 0 Å². The molecule has 0 bridgehead atoms. The summed E-state index contributed by atoms with van der Waals surface area (Å²) in [6.45, 7) is 6.96. The van der Waals surface area contributed by atoms with Gasteiger partial charge in [0.05, 0.1) is 12.7 Å². The third-order valence-corrected chi connectivity index (χ3v) is 3.12. The molecule has 78 valence electrons. The molecule has 0 spiro atoms. The first kappa shape index (κ1) is 11.3. The quantitative estimate of drug-likeness (QED) is 0.658. The van der Waals surface area contributed by atoms with E-state index in [0.717, 1.165) is 19.7 Å². The molecule has 0 amide bonds. The van der Waals surface area contributed by atoms with E-state index in [4.69, 9.17) is 10.5 Å². The predicted octanol–water partition coefficient (Wildman–Crippen LogP) is 0.399. The second-order valence-corrected chi connectivity index (χ2v) is 4.62. The highest BCUT2D eigenvalue weighted by Gasteiger charge is 2.18. The minimum atomic E-state index is 0.264. The minimum Gasteiger partial charge on any atom is -0.374 e. The molecule has 4 heteroatoms. The normalized spacial score (nSPS) is 24.9. The van der Waals surface area contributed by atoms with Crippen LogP contribution in [-0.2, 0) is 4.74 Å². The van der Waals surface area contributed by atoms with Crippen molar-refractivity contribution in [2.24, 2.45) is 5.73 Å². The van der Waals surface area contributed by atoms with E-state index in [9.17, 15) is 0 Å². The fraction of sp³-hybridized carbons (Fsp3) is 1.00. The Morgan fingerprint density at radius 3 is 3.15 bits per heavy atom. The fourth-order valence-electron chi connectivity index (χ4n) is 1.46. The van der Waals surface area contributed by atoms with Crippen LogP contribution in [0.1, 0.15) is 6.92 Å². The Bertz CT molecular complexity index is 135. The summed E-state index contributed by atoms with van der Waals surface area (Å²) in [7, 11) is 0. The largest absolute Gasteiger partial charge is 0.374 e. The van der Waals surface area contributed by atoms with Crippen LogP contribution >= 0.6 is 11.8 Å². The lowest BCUT2D eigenvalue weighted by molar-refractivity contribution is -0.0208. The van der Waals surface area contributed by atoms with E-state index in [1.807, 2.05) is 11.8 Å². The second kappa shape index (κ2) is 6.65. The molecule has 0 saturated carbocycles. The molecule has 0 aliphatic carbocycles. The number of rotatable bonds is 5. The van der Waals surface area contributed by atoms with Crippen molar-refractivity contribution in [1.82, 2.24) is 4.90 Å². The summed E-state index contributed by atoms with van der Waals surface area (Å²) in [5.74, 6) is 2.44. The SMILES string of the molecule is CCSCCN1CCOC(CN)C1. The average molecular weight is 204 g/mol. The topological polar surface area (TPSA) is 38.5 Å². The molecular weight excluding hydrogens is 184 g/mol. The van der Waals surface area contributed by atoms with Gasteiger partial charge in [0.25, 0.3) is 0 Å². The Morgan fingerprint density at radius 1 is 1.62 bits per heavy atom. The molecule has 0 aromatic rings. The van der Waals surface area contributed by atoms with Crippen molar-refractivity contribution in [2.45, 2.75) is 13.0 Å². The molecule has 1 heterocycles. The number of nitrogens with two attached hydrogens (primary N) is 1. The zero-order valence-corrected chi connectivity index (χ0v) is 9.18. The molecule has 0 aromatic carbocycles. The fourth-order valence-corrected chi connectivity index (χ4v) is 2.14. The minimum absolute atomic E-state index is 0.264. The highest BCUT2D eigenvalue weighted by atomic mass is 32.2. The van der Waals surface area contributed by atoms with Gasteiger partial charge in [-0.25, -0.2) is 0 Å². The smallest absolute Gasteiger partial charge is 0.0824 e. The van der Waals surface area contributed by atoms with E-state index in [2.05, 4.69) is 11.8 Å². The third kappa shape index (κ3) is 4.31. The van der Waals surface area contributed by atoms with Gasteiger partial charge in [0, 0.05) is 31.9 Å². The Kier molecular flexibility index (Phi) is 5.78. The van der Waals surface area contributed by atoms with Crippen molar-refractivity contribution in [3.8, 4) is 0 Å². The molecule has 3 nitrogen and oxygen atoms in total. The Hall–Kier alpha value is 0.230. The Balaban J connectivity index is 2.11. The summed E-state index contributed by atoms with van der Waals surface area (Å²) >= 11 is 2.00. The lowest BCUT2D eigenvalue weighted by atomic mass is 10.3. The summed E-state index contributed by atoms with van der Waals surface area (Å²) in [6.07, 6.45) is 0.264. The molecular formula is C9H20N2OS. The van der Waals surface area contributed by atoms with E-state index in [1.54, 1.807) is 0 Å². The molecule has 0 radical (unpaired) electrons. The van der Waals surface area contributed by atoms with E-state index < -0.39 is 0 Å². The van der Waals surface area contributed by atoms with E-state index in [-0.39, 0.29) is 6.10 Å². The van der Waals surface area contributed by atoms with Crippen molar-refractivity contribution in [3.63, 3.8) is 0 Å². The number of hydrogen-bond acceptors (Lipinski definition) is 4. The monoisotopic (exact) mass is 204 g/mol. The zero-order valence-electron chi connectivity index (χ0n) is 8.37. The molecule has 1 fully saturated rings. The van der Waals surface area contributed by atoms with Crippen LogP contribution in [0.15, 0.2) is 0 Å². The summed E-state index contributed by atoms with van der Waals surface area (Å²) in [5, 5.41) is 0. The summed E-state index contributed by atoms with van der Waals surface area (Å²) in [4.78, 5) is 2.45. The predicted molar refractivity (Wildman–Crippen MR) is 58.2 cm³/mol. The molecule has 1 aliphatic rings. The molecule has 0 aromatic heterocycles. The van der Waals surface area contributed by atoms with Gasteiger partial charge in [0.2, 0.25) is 0 Å². The van der Waals surface area contributed by atoms with Crippen LogP contribution < -0.4 is 5.73 Å². The van der Waals surface area contributed by atoms with Crippen LogP contribution in [0.25, 0.3) is 0 Å². The number of ether oxygens (including phenoxy) is 1. The Labute approximate surface area is 85.0 Å². The van der Waals surface area contributed by atoms with Crippen LogP contribution in [0, 0.1) is 0 Å². The van der Waals surface area contributed by atoms with Gasteiger partial charge < -0.3 is 10.5 Å². The second-order valence-electron chi connectivity index (χ2n) is 3.23. The van der Waals surface area contributed by atoms with Crippen LogP contribution in [0.3, 0.4) is 0 Å². The molecule has 1 saturated heterocycles. The zero-order chi connectivity index (χ0) is 9.52. The third-order valence-electron chi connectivity index (χ3n) is 2.24. The highest BCUT2D eigenvalue weighted by Crippen LogP contribution is 2.06. The molecule has 1 rings (SSSR count). The molecule has 1 atom stereocenters. The maximum Gasteiger partial charge on any atom is 0.0824 e. The van der Waals surface area contributed by atoms with Crippen molar-refractivity contribution in [3.05, 3.63) is 0 Å². The lowest BCUT2D eigenvalue weighted by Gasteiger charge is -2.32. The van der Waals surface area contributed by atoms with Crippen LogP contribution in [0.4, 0.5) is 0 Å². The molecule has 1 aliphatic heterocycles. The van der Waals surface area contributed by atoms with Gasteiger partial charge in [-0.15, -0.1) is 0 Å². The average Bonchev–Trinajstić information content (AvgIpc) is 2.19. The van der Waals surface area contributed by atoms with Crippen molar-refractivity contribution in [2.75, 3.05) is 44.3 Å². The first-order valence-electron chi connectivity index (χ1n) is 4.98. The van der Waals surface area contributed by atoms with Gasteiger partial charge in [0.15, 0.2) is 0 Å². The van der Waals surface area contributed by atoms with Crippen molar-refractivity contribution >= 4 is 11.8 Å². The van der Waals surface area contributed by atoms with Gasteiger partial charge in [-0.2, -0.15) is 11.8 Å². The standard InChI is InChI=1S/C9H20N2OS/c1-2-13-6-4-11-3-5-12-9(7-10)8-11/h9H,2-8,10H2,1H3. The number of nitrogens with zero attached hydrogens (tertiary/aromatic N) is 1. The summed E-state index contributed by atoms with van der Waals surface area (Å²) in [5.41, 5.74) is 5.56. The van der Waals surface area contributed by atoms with Gasteiger partial charge in [-0.05, 0) is 5.75 Å². The van der Waals surface area contributed by atoms with Crippen LogP contribution in [0.2, 0.25) is 0 Å². The highest BCUT2D eigenvalue weighted by molar-refractivity contribution is 7.99. The van der Waals surface area contributed by atoms with Crippen LogP contribution in [-0.4, -0.2) is 55.3 Å². The first-order chi connectivity index (χ1) is 6.36. The summed E-state index contributed by atoms with van der Waals surface area (Å²) < 4.78 is 5.49. The van der Waals surface area contributed by atoms with Gasteiger partial charge in [-0.3, -0.25) is 4.90 Å². The van der Waals surface area contributed by atoms with Crippen LogP contribution in [0.5, 0.6) is 0 Å². The van der Waals surface area contributed by atoms with E-state index in [0.29, 0.717) is 6.54 Å². The van der Waals surface area contributed by atoms with Gasteiger partial charge in [-0.1, -0.05) is 6.92 Å². The first-order valence-corrected chi connectivity index (χ1v) is 6.14. The molecule has 13 heavy (non-hydrogen) atoms. The van der Waals surface area contributed by atoms with Gasteiger partial charge in [0.1, 0.15) is 0 Å².